The van der Waals surface area contributed by atoms with Crippen LogP contribution in [-0.4, -0.2) is 37.1 Å². The third-order valence-corrected chi connectivity index (χ3v) is 3.62. The van der Waals surface area contributed by atoms with Gasteiger partial charge in [0.2, 0.25) is 6.79 Å². The number of carbonyl (C=O) groups is 1. The molecule has 0 aliphatic carbocycles. The van der Waals surface area contributed by atoms with E-state index in [4.69, 9.17) is 18.9 Å². The van der Waals surface area contributed by atoms with Crippen molar-refractivity contribution in [1.82, 2.24) is 5.43 Å². The van der Waals surface area contributed by atoms with Gasteiger partial charge >= 0.3 is 0 Å². The van der Waals surface area contributed by atoms with Crippen molar-refractivity contribution in [3.8, 4) is 23.0 Å². The highest BCUT2D eigenvalue weighted by Gasteiger charge is 2.22. The van der Waals surface area contributed by atoms with Crippen LogP contribution in [0.1, 0.15) is 12.5 Å². The minimum atomic E-state index is -0.571. The van der Waals surface area contributed by atoms with Gasteiger partial charge in [0.15, 0.2) is 29.6 Å². The molecule has 2 aromatic carbocycles. The first-order valence-electron chi connectivity index (χ1n) is 8.33. The second-order valence-electron chi connectivity index (χ2n) is 5.48. The summed E-state index contributed by atoms with van der Waals surface area (Å²) in [6.07, 6.45) is 1.16. The normalized spacial score (nSPS) is 12.0. The molecular weight excluding hydrogens is 370 g/mol. The molecule has 0 spiro atoms. The number of para-hydroxylation sites is 2. The number of hydrogen-bond acceptors (Lipinski definition) is 8. The molecule has 1 amide bonds. The molecule has 3 rings (SSSR count). The maximum atomic E-state index is 11.9. The second kappa shape index (κ2) is 8.71. The predicted molar refractivity (Wildman–Crippen MR) is 98.1 cm³/mol. The molecule has 28 heavy (non-hydrogen) atoms. The van der Waals surface area contributed by atoms with E-state index in [-0.39, 0.29) is 30.4 Å². The number of hydrogen-bond donors (Lipinski definition) is 1. The van der Waals surface area contributed by atoms with Crippen molar-refractivity contribution in [3.63, 3.8) is 0 Å². The number of benzene rings is 2. The number of amides is 1. The maximum absolute atomic E-state index is 11.9. The van der Waals surface area contributed by atoms with Gasteiger partial charge < -0.3 is 18.9 Å². The number of rotatable bonds is 8. The van der Waals surface area contributed by atoms with Crippen LogP contribution in [0.2, 0.25) is 0 Å². The maximum Gasteiger partial charge on any atom is 0.282 e. The Bertz CT molecular complexity index is 914. The zero-order valence-corrected chi connectivity index (χ0v) is 14.9. The van der Waals surface area contributed by atoms with Gasteiger partial charge in [-0.25, -0.2) is 5.43 Å². The van der Waals surface area contributed by atoms with E-state index >= 15 is 0 Å². The molecule has 146 valence electrons. The lowest BCUT2D eigenvalue weighted by molar-refractivity contribution is -0.385. The molecule has 1 heterocycles. The number of carbonyl (C=O) groups excluding carboxylic acids is 1. The van der Waals surface area contributed by atoms with Crippen LogP contribution in [0.4, 0.5) is 5.69 Å². The van der Waals surface area contributed by atoms with Gasteiger partial charge in [0.05, 0.1) is 29.4 Å². The first kappa shape index (κ1) is 19.0. The molecule has 0 saturated carbocycles. The molecule has 2 aromatic rings. The molecule has 0 fully saturated rings. The summed E-state index contributed by atoms with van der Waals surface area (Å²) in [7, 11) is 0. The Morgan fingerprint density at radius 1 is 1.25 bits per heavy atom. The Labute approximate surface area is 159 Å². The van der Waals surface area contributed by atoms with Crippen LogP contribution >= 0.6 is 0 Å². The number of nitrogens with zero attached hydrogens (tertiary/aromatic N) is 2. The monoisotopic (exact) mass is 387 g/mol. The SMILES string of the molecule is CCOc1ccccc1OCC(=O)N/N=C\c1cc2c(cc1[N+](=O)[O-])OCO2. The Hall–Kier alpha value is -3.82. The van der Waals surface area contributed by atoms with E-state index in [1.165, 1.54) is 12.1 Å². The van der Waals surface area contributed by atoms with E-state index in [9.17, 15) is 14.9 Å². The highest BCUT2D eigenvalue weighted by Crippen LogP contribution is 2.37. The summed E-state index contributed by atoms with van der Waals surface area (Å²) in [5.74, 6) is 1.07. The van der Waals surface area contributed by atoms with E-state index in [2.05, 4.69) is 10.5 Å². The summed E-state index contributed by atoms with van der Waals surface area (Å²) in [4.78, 5) is 22.5. The molecule has 1 aliphatic heterocycles. The topological polar surface area (TPSA) is 122 Å². The third kappa shape index (κ3) is 4.47. The molecule has 0 unspecified atom stereocenters. The van der Waals surface area contributed by atoms with Gasteiger partial charge in [-0.05, 0) is 25.1 Å². The van der Waals surface area contributed by atoms with E-state index in [1.54, 1.807) is 24.3 Å². The minimum Gasteiger partial charge on any atom is -0.490 e. The summed E-state index contributed by atoms with van der Waals surface area (Å²) < 4.78 is 21.1. The van der Waals surface area contributed by atoms with Crippen molar-refractivity contribution < 1.29 is 28.7 Å². The highest BCUT2D eigenvalue weighted by molar-refractivity contribution is 5.88. The van der Waals surface area contributed by atoms with Crippen molar-refractivity contribution in [2.45, 2.75) is 6.92 Å². The summed E-state index contributed by atoms with van der Waals surface area (Å²) in [6, 6.07) is 9.63. The molecule has 0 atom stereocenters. The van der Waals surface area contributed by atoms with Gasteiger partial charge in [-0.15, -0.1) is 0 Å². The molecule has 0 saturated heterocycles. The van der Waals surface area contributed by atoms with Crippen LogP contribution in [0.25, 0.3) is 0 Å². The molecule has 0 aromatic heterocycles. The number of ether oxygens (including phenoxy) is 4. The van der Waals surface area contributed by atoms with Gasteiger partial charge in [-0.1, -0.05) is 12.1 Å². The molecule has 1 aliphatic rings. The quantitative estimate of drug-likeness (QED) is 0.419. The Morgan fingerprint density at radius 2 is 1.93 bits per heavy atom. The van der Waals surface area contributed by atoms with E-state index in [0.717, 1.165) is 6.21 Å². The molecular formula is C18H17N3O7. The first-order chi connectivity index (χ1) is 13.6. The average Bonchev–Trinajstić information content (AvgIpc) is 3.14. The van der Waals surface area contributed by atoms with Gasteiger partial charge in [-0.2, -0.15) is 5.10 Å². The van der Waals surface area contributed by atoms with Gasteiger partial charge in [-0.3, -0.25) is 14.9 Å². The van der Waals surface area contributed by atoms with Gasteiger partial charge in [0.1, 0.15) is 0 Å². The van der Waals surface area contributed by atoms with E-state index < -0.39 is 10.8 Å². The first-order valence-corrected chi connectivity index (χ1v) is 8.33. The van der Waals surface area contributed by atoms with E-state index in [1.807, 2.05) is 6.92 Å². The zero-order valence-electron chi connectivity index (χ0n) is 14.9. The van der Waals surface area contributed by atoms with Crippen LogP contribution in [0.3, 0.4) is 0 Å². The van der Waals surface area contributed by atoms with Crippen molar-refractivity contribution in [2.24, 2.45) is 5.10 Å². The lowest BCUT2D eigenvalue weighted by Gasteiger charge is -2.10. The summed E-state index contributed by atoms with van der Waals surface area (Å²) in [6.45, 7) is 1.99. The summed E-state index contributed by atoms with van der Waals surface area (Å²) >= 11 is 0. The average molecular weight is 387 g/mol. The molecule has 0 bridgehead atoms. The minimum absolute atomic E-state index is 0.00955. The van der Waals surface area contributed by atoms with Crippen molar-refractivity contribution in [1.29, 1.82) is 0 Å². The van der Waals surface area contributed by atoms with Crippen molar-refractivity contribution in [2.75, 3.05) is 20.0 Å². The van der Waals surface area contributed by atoms with Crippen LogP contribution in [0.15, 0.2) is 41.5 Å². The third-order valence-electron chi connectivity index (χ3n) is 3.62. The van der Waals surface area contributed by atoms with Crippen LogP contribution in [0.5, 0.6) is 23.0 Å². The van der Waals surface area contributed by atoms with Crippen LogP contribution in [-0.2, 0) is 4.79 Å². The lowest BCUT2D eigenvalue weighted by Crippen LogP contribution is -2.24. The molecule has 10 nitrogen and oxygen atoms in total. The fourth-order valence-corrected chi connectivity index (χ4v) is 2.40. The highest BCUT2D eigenvalue weighted by atomic mass is 16.7. The van der Waals surface area contributed by atoms with Crippen LogP contribution in [0, 0.1) is 10.1 Å². The lowest BCUT2D eigenvalue weighted by atomic mass is 10.1. The fraction of sp³-hybridized carbons (Fsp3) is 0.222. The van der Waals surface area contributed by atoms with Crippen LogP contribution < -0.4 is 24.4 Å². The van der Waals surface area contributed by atoms with Crippen molar-refractivity contribution >= 4 is 17.8 Å². The van der Waals surface area contributed by atoms with Crippen molar-refractivity contribution in [3.05, 3.63) is 52.1 Å². The zero-order chi connectivity index (χ0) is 19.9. The van der Waals surface area contributed by atoms with Gasteiger partial charge in [0.25, 0.3) is 11.6 Å². The summed E-state index contributed by atoms with van der Waals surface area (Å²) in [5.41, 5.74) is 2.20. The smallest absolute Gasteiger partial charge is 0.282 e. The number of fused-ring (bicyclic) bond motifs is 1. The number of nitrogens with one attached hydrogen (secondary N) is 1. The predicted octanol–water partition coefficient (Wildman–Crippen LogP) is 2.25. The number of hydrazone groups is 1. The summed E-state index contributed by atoms with van der Waals surface area (Å²) in [5, 5.41) is 14.9. The second-order valence-corrected chi connectivity index (χ2v) is 5.48. The molecule has 0 radical (unpaired) electrons. The fourth-order valence-electron chi connectivity index (χ4n) is 2.40. The molecule has 1 N–H and O–H groups in total. The standard InChI is InChI=1S/C18H17N3O7/c1-2-25-14-5-3-4-6-15(14)26-10-18(22)20-19-9-12-7-16-17(28-11-27-16)8-13(12)21(23)24/h3-9H,2,10-11H2,1H3,(H,20,22)/b19-9-. The Morgan fingerprint density at radius 3 is 2.61 bits per heavy atom. The largest absolute Gasteiger partial charge is 0.490 e. The Balaban J connectivity index is 1.61. The van der Waals surface area contributed by atoms with Gasteiger partial charge in [0, 0.05) is 0 Å². The van der Waals surface area contributed by atoms with E-state index in [0.29, 0.717) is 23.9 Å². The Kier molecular flexibility index (Phi) is 5.90. The number of nitro benzene ring substituents is 1. The number of nitro groups is 1. The molecule has 10 heteroatoms.